The molecule has 0 aliphatic carbocycles. The predicted octanol–water partition coefficient (Wildman–Crippen LogP) is 2.79. The molecule has 2 atom stereocenters. The number of para-hydroxylation sites is 2. The van der Waals surface area contributed by atoms with Gasteiger partial charge in [-0.05, 0) is 24.3 Å². The third-order valence-corrected chi connectivity index (χ3v) is 4.13. The minimum absolute atomic E-state index is 0.181. The van der Waals surface area contributed by atoms with Crippen LogP contribution in [-0.2, 0) is 9.63 Å². The molecular weight excluding hydrogens is 419 g/mol. The number of anilines is 1. The number of hydroxylamine groups is 1. The Kier molecular flexibility index (Phi) is 5.78. The van der Waals surface area contributed by atoms with Crippen molar-refractivity contribution in [3.8, 4) is 5.75 Å². The molecule has 7 nitrogen and oxygen atoms in total. The van der Waals surface area contributed by atoms with Gasteiger partial charge in [-0.2, -0.15) is 5.06 Å². The number of nitrogens with zero attached hydrogens (tertiary/aromatic N) is 1. The number of carbonyl (C=O) groups excluding carboxylic acids is 2. The number of halogens is 3. The van der Waals surface area contributed by atoms with Gasteiger partial charge in [0.15, 0.2) is 0 Å². The van der Waals surface area contributed by atoms with Gasteiger partial charge in [-0.15, -0.1) is 0 Å². The first-order chi connectivity index (χ1) is 12.8. The zero-order valence-corrected chi connectivity index (χ0v) is 15.8. The number of fused-ring (bicyclic) bond motifs is 1. The number of hydrogen-bond donors (Lipinski definition) is 2. The van der Waals surface area contributed by atoms with E-state index in [2.05, 4.69) is 5.32 Å². The molecule has 27 heavy (non-hydrogen) atoms. The molecule has 10 heteroatoms. The second kappa shape index (κ2) is 7.92. The number of aliphatic hydroxyl groups is 1. The summed E-state index contributed by atoms with van der Waals surface area (Å²) in [5.74, 6) is -1.34. The SMILES string of the molecule is O=C(N[C@@H](ON1C(=O)[C@H](O)Oc2ccccc21)C(Cl)(Cl)Cl)c1ccccc1. The zero-order valence-electron chi connectivity index (χ0n) is 13.5. The van der Waals surface area contributed by atoms with E-state index >= 15 is 0 Å². The van der Waals surface area contributed by atoms with Crippen LogP contribution in [0.15, 0.2) is 54.6 Å². The van der Waals surface area contributed by atoms with Gasteiger partial charge in [-0.1, -0.05) is 65.1 Å². The Labute approximate surface area is 169 Å². The Morgan fingerprint density at radius 2 is 1.78 bits per heavy atom. The van der Waals surface area contributed by atoms with Crippen LogP contribution in [0.4, 0.5) is 5.69 Å². The number of ether oxygens (including phenoxy) is 1. The van der Waals surface area contributed by atoms with E-state index in [1.807, 2.05) is 0 Å². The number of alkyl halides is 3. The van der Waals surface area contributed by atoms with E-state index in [0.29, 0.717) is 5.56 Å². The minimum atomic E-state index is -2.12. The van der Waals surface area contributed by atoms with Crippen LogP contribution in [0.5, 0.6) is 5.75 Å². The van der Waals surface area contributed by atoms with E-state index in [1.54, 1.807) is 42.5 Å². The Balaban J connectivity index is 1.87. The van der Waals surface area contributed by atoms with Crippen LogP contribution < -0.4 is 15.1 Å². The first-order valence-corrected chi connectivity index (χ1v) is 8.78. The van der Waals surface area contributed by atoms with E-state index in [9.17, 15) is 14.7 Å². The highest BCUT2D eigenvalue weighted by Gasteiger charge is 2.42. The van der Waals surface area contributed by atoms with Crippen molar-refractivity contribution in [2.75, 3.05) is 5.06 Å². The molecule has 0 fully saturated rings. The Morgan fingerprint density at radius 3 is 2.44 bits per heavy atom. The van der Waals surface area contributed by atoms with Gasteiger partial charge < -0.3 is 15.2 Å². The summed E-state index contributed by atoms with van der Waals surface area (Å²) in [6, 6.07) is 14.5. The van der Waals surface area contributed by atoms with Crippen LogP contribution in [0.25, 0.3) is 0 Å². The summed E-state index contributed by atoms with van der Waals surface area (Å²) in [5.41, 5.74) is 0.482. The molecule has 0 radical (unpaired) electrons. The maximum absolute atomic E-state index is 12.4. The van der Waals surface area contributed by atoms with E-state index < -0.39 is 28.1 Å². The zero-order chi connectivity index (χ0) is 19.6. The Morgan fingerprint density at radius 1 is 1.15 bits per heavy atom. The number of amides is 2. The van der Waals surface area contributed by atoms with E-state index in [0.717, 1.165) is 5.06 Å². The van der Waals surface area contributed by atoms with Crippen LogP contribution in [0, 0.1) is 0 Å². The molecule has 1 aliphatic heterocycles. The molecule has 0 spiro atoms. The van der Waals surface area contributed by atoms with Gasteiger partial charge in [0.05, 0.1) is 0 Å². The monoisotopic (exact) mass is 430 g/mol. The van der Waals surface area contributed by atoms with Crippen molar-refractivity contribution in [3.63, 3.8) is 0 Å². The largest absolute Gasteiger partial charge is 0.453 e. The third-order valence-electron chi connectivity index (χ3n) is 3.54. The molecule has 2 aromatic rings. The van der Waals surface area contributed by atoms with Gasteiger partial charge in [-0.3, -0.25) is 9.59 Å². The van der Waals surface area contributed by atoms with Crippen LogP contribution in [0.1, 0.15) is 10.4 Å². The second-order valence-electron chi connectivity index (χ2n) is 5.44. The normalized spacial score (nSPS) is 17.7. The second-order valence-corrected chi connectivity index (χ2v) is 7.81. The molecule has 3 rings (SSSR count). The molecule has 142 valence electrons. The fourth-order valence-electron chi connectivity index (χ4n) is 2.29. The van der Waals surface area contributed by atoms with Crippen LogP contribution in [0.3, 0.4) is 0 Å². The molecule has 1 aliphatic rings. The number of rotatable bonds is 4. The highest BCUT2D eigenvalue weighted by atomic mass is 35.6. The van der Waals surface area contributed by atoms with Gasteiger partial charge in [-0.25, -0.2) is 4.84 Å². The number of nitrogens with one attached hydrogen (secondary N) is 1. The lowest BCUT2D eigenvalue weighted by molar-refractivity contribution is -0.154. The van der Waals surface area contributed by atoms with E-state index in [1.165, 1.54) is 12.1 Å². The Hall–Kier alpha value is -2.03. The van der Waals surface area contributed by atoms with E-state index in [-0.39, 0.29) is 11.4 Å². The van der Waals surface area contributed by atoms with Crippen molar-refractivity contribution in [1.82, 2.24) is 5.32 Å². The third kappa shape index (κ3) is 4.45. The number of aliphatic hydroxyl groups excluding tert-OH is 1. The molecular formula is C17H13Cl3N2O5. The highest BCUT2D eigenvalue weighted by molar-refractivity contribution is 6.68. The van der Waals surface area contributed by atoms with Crippen LogP contribution in [0.2, 0.25) is 0 Å². The number of hydrogen-bond acceptors (Lipinski definition) is 5. The van der Waals surface area contributed by atoms with Gasteiger partial charge in [0.2, 0.25) is 10.0 Å². The van der Waals surface area contributed by atoms with Gasteiger partial charge in [0.1, 0.15) is 11.4 Å². The van der Waals surface area contributed by atoms with Crippen molar-refractivity contribution in [3.05, 3.63) is 60.2 Å². The fraction of sp³-hybridized carbons (Fsp3) is 0.176. The Bertz CT molecular complexity index is 844. The van der Waals surface area contributed by atoms with E-state index in [4.69, 9.17) is 44.4 Å². The van der Waals surface area contributed by atoms with Crippen molar-refractivity contribution in [2.45, 2.75) is 16.3 Å². The van der Waals surface area contributed by atoms with Crippen LogP contribution >= 0.6 is 34.8 Å². The van der Waals surface area contributed by atoms with Crippen molar-refractivity contribution in [1.29, 1.82) is 0 Å². The van der Waals surface area contributed by atoms with Gasteiger partial charge in [0.25, 0.3) is 12.2 Å². The molecule has 0 saturated heterocycles. The lowest BCUT2D eigenvalue weighted by Crippen LogP contribution is -2.54. The highest BCUT2D eigenvalue weighted by Crippen LogP contribution is 2.37. The molecule has 2 aromatic carbocycles. The summed E-state index contributed by atoms with van der Waals surface area (Å²) in [7, 11) is 0. The first kappa shape index (κ1) is 19.7. The topological polar surface area (TPSA) is 88.1 Å². The summed E-state index contributed by atoms with van der Waals surface area (Å²) in [6.07, 6.45) is -3.35. The quantitative estimate of drug-likeness (QED) is 0.574. The van der Waals surface area contributed by atoms with Gasteiger partial charge >= 0.3 is 5.91 Å². The lowest BCUT2D eigenvalue weighted by Gasteiger charge is -2.35. The van der Waals surface area contributed by atoms with Crippen molar-refractivity contribution in [2.24, 2.45) is 0 Å². The molecule has 0 saturated carbocycles. The maximum Gasteiger partial charge on any atom is 0.320 e. The summed E-state index contributed by atoms with van der Waals surface area (Å²) in [6.45, 7) is 0. The molecule has 0 unspecified atom stereocenters. The predicted molar refractivity (Wildman–Crippen MR) is 99.6 cm³/mol. The maximum atomic E-state index is 12.4. The van der Waals surface area contributed by atoms with Crippen LogP contribution in [-0.4, -0.2) is 33.2 Å². The van der Waals surface area contributed by atoms with Crippen molar-refractivity contribution < 1.29 is 24.3 Å². The molecule has 0 bridgehead atoms. The fourth-order valence-corrected chi connectivity index (χ4v) is 2.57. The number of carbonyl (C=O) groups is 2. The average molecular weight is 432 g/mol. The first-order valence-electron chi connectivity index (χ1n) is 7.64. The standard InChI is InChI=1S/C17H13Cl3N2O5/c18-17(19,20)16(21-13(23)10-6-2-1-3-7-10)27-22-11-8-4-5-9-12(11)26-15(25)14(22)24/h1-9,15-16,25H,(H,21,23)/t15-,16+/m1/s1. The molecule has 2 N–H and O–H groups in total. The minimum Gasteiger partial charge on any atom is -0.453 e. The lowest BCUT2D eigenvalue weighted by atomic mass is 10.2. The summed E-state index contributed by atoms with van der Waals surface area (Å²) in [4.78, 5) is 30.2. The molecule has 2 amide bonds. The number of benzene rings is 2. The molecule has 0 aromatic heterocycles. The summed E-state index contributed by atoms with van der Waals surface area (Å²) in [5, 5.41) is 12.9. The van der Waals surface area contributed by atoms with Gasteiger partial charge in [0, 0.05) is 5.56 Å². The molecule has 1 heterocycles. The summed E-state index contributed by atoms with van der Waals surface area (Å²) < 4.78 is 2.97. The van der Waals surface area contributed by atoms with Crippen molar-refractivity contribution >= 4 is 52.3 Å². The average Bonchev–Trinajstić information content (AvgIpc) is 2.64. The summed E-state index contributed by atoms with van der Waals surface area (Å²) >= 11 is 17.8. The smallest absolute Gasteiger partial charge is 0.320 e.